The standard InChI is InChI=1S/C19H35NO/c1-2-19(15-9-10-16-19)21-20(17-11-5-3-6-12-17)18-13-7-4-8-14-18/h17-18H,2-16H2,1H3. The van der Waals surface area contributed by atoms with E-state index in [4.69, 9.17) is 4.84 Å². The van der Waals surface area contributed by atoms with E-state index in [1.807, 2.05) is 0 Å². The molecule has 3 saturated carbocycles. The number of nitrogens with zero attached hydrogens (tertiary/aromatic N) is 1. The molecule has 0 spiro atoms. The molecule has 0 aliphatic heterocycles. The Balaban J connectivity index is 1.70. The summed E-state index contributed by atoms with van der Waals surface area (Å²) in [6.07, 6.45) is 20.5. The molecule has 2 nitrogen and oxygen atoms in total. The van der Waals surface area contributed by atoms with Crippen LogP contribution in [-0.4, -0.2) is 22.7 Å². The predicted octanol–water partition coefficient (Wildman–Crippen LogP) is 5.61. The molecule has 0 aromatic rings. The molecule has 3 rings (SSSR count). The molecule has 0 unspecified atom stereocenters. The Bertz CT molecular complexity index is 281. The highest BCUT2D eigenvalue weighted by atomic mass is 16.7. The van der Waals surface area contributed by atoms with Gasteiger partial charge in [0.15, 0.2) is 0 Å². The van der Waals surface area contributed by atoms with Gasteiger partial charge in [-0.05, 0) is 44.9 Å². The summed E-state index contributed by atoms with van der Waals surface area (Å²) in [5, 5.41) is 2.56. The van der Waals surface area contributed by atoms with E-state index in [2.05, 4.69) is 12.0 Å². The van der Waals surface area contributed by atoms with Crippen molar-refractivity contribution >= 4 is 0 Å². The molecule has 0 aromatic carbocycles. The quantitative estimate of drug-likeness (QED) is 0.611. The van der Waals surface area contributed by atoms with Crippen LogP contribution in [0.4, 0.5) is 0 Å². The summed E-state index contributed by atoms with van der Waals surface area (Å²) in [7, 11) is 0. The van der Waals surface area contributed by atoms with E-state index in [1.165, 1.54) is 96.3 Å². The molecule has 3 fully saturated rings. The highest BCUT2D eigenvalue weighted by Crippen LogP contribution is 2.40. The Labute approximate surface area is 131 Å². The van der Waals surface area contributed by atoms with Crippen LogP contribution in [0.5, 0.6) is 0 Å². The van der Waals surface area contributed by atoms with E-state index in [1.54, 1.807) is 0 Å². The number of hydrogen-bond acceptors (Lipinski definition) is 2. The van der Waals surface area contributed by atoms with Gasteiger partial charge in [0.1, 0.15) is 0 Å². The fraction of sp³-hybridized carbons (Fsp3) is 1.00. The summed E-state index contributed by atoms with van der Waals surface area (Å²) >= 11 is 0. The first-order valence-electron chi connectivity index (χ1n) is 9.80. The van der Waals surface area contributed by atoms with E-state index in [0.29, 0.717) is 12.1 Å². The minimum absolute atomic E-state index is 0.189. The van der Waals surface area contributed by atoms with Crippen LogP contribution in [0.3, 0.4) is 0 Å². The third-order valence-electron chi connectivity index (χ3n) is 6.33. The molecule has 0 amide bonds. The van der Waals surface area contributed by atoms with Gasteiger partial charge in [-0.25, -0.2) is 0 Å². The van der Waals surface area contributed by atoms with Crippen molar-refractivity contribution in [3.05, 3.63) is 0 Å². The van der Waals surface area contributed by atoms with Gasteiger partial charge in [-0.1, -0.05) is 58.3 Å². The summed E-state index contributed by atoms with van der Waals surface area (Å²) < 4.78 is 0. The second-order valence-corrected chi connectivity index (χ2v) is 7.78. The zero-order valence-electron chi connectivity index (χ0n) is 14.1. The van der Waals surface area contributed by atoms with Crippen molar-refractivity contribution in [2.45, 2.75) is 121 Å². The lowest BCUT2D eigenvalue weighted by Gasteiger charge is -2.45. The largest absolute Gasteiger partial charge is 0.292 e. The lowest BCUT2D eigenvalue weighted by molar-refractivity contribution is -0.292. The zero-order chi connectivity index (χ0) is 14.5. The molecular formula is C19H35NO. The first-order valence-corrected chi connectivity index (χ1v) is 9.80. The molecule has 122 valence electrons. The van der Waals surface area contributed by atoms with Crippen LogP contribution in [-0.2, 0) is 4.84 Å². The van der Waals surface area contributed by atoms with Crippen LogP contribution in [0.1, 0.15) is 103 Å². The van der Waals surface area contributed by atoms with Gasteiger partial charge in [-0.15, -0.1) is 0 Å². The molecule has 2 heteroatoms. The highest BCUT2D eigenvalue weighted by Gasteiger charge is 2.39. The zero-order valence-corrected chi connectivity index (χ0v) is 14.1. The van der Waals surface area contributed by atoms with Crippen molar-refractivity contribution in [2.75, 3.05) is 0 Å². The second-order valence-electron chi connectivity index (χ2n) is 7.78. The predicted molar refractivity (Wildman–Crippen MR) is 88.2 cm³/mol. The topological polar surface area (TPSA) is 12.5 Å². The monoisotopic (exact) mass is 293 g/mol. The van der Waals surface area contributed by atoms with Crippen LogP contribution in [0, 0.1) is 0 Å². The van der Waals surface area contributed by atoms with Gasteiger partial charge in [0.2, 0.25) is 0 Å². The van der Waals surface area contributed by atoms with Gasteiger partial charge in [-0.3, -0.25) is 4.84 Å². The first kappa shape index (κ1) is 15.8. The van der Waals surface area contributed by atoms with Gasteiger partial charge >= 0.3 is 0 Å². The van der Waals surface area contributed by atoms with E-state index in [9.17, 15) is 0 Å². The summed E-state index contributed by atoms with van der Waals surface area (Å²) in [5.41, 5.74) is 0.189. The molecule has 0 aromatic heterocycles. The summed E-state index contributed by atoms with van der Waals surface area (Å²) in [5.74, 6) is 0. The Hall–Kier alpha value is -0.0800. The van der Waals surface area contributed by atoms with E-state index >= 15 is 0 Å². The summed E-state index contributed by atoms with van der Waals surface area (Å²) in [6, 6.07) is 1.43. The van der Waals surface area contributed by atoms with Crippen LogP contribution in [0.25, 0.3) is 0 Å². The SMILES string of the molecule is CCC1(ON(C2CCCCC2)C2CCCCC2)CCCC1. The third-order valence-corrected chi connectivity index (χ3v) is 6.33. The smallest absolute Gasteiger partial charge is 0.0897 e. The number of hydrogen-bond donors (Lipinski definition) is 0. The molecule has 21 heavy (non-hydrogen) atoms. The molecular weight excluding hydrogens is 258 g/mol. The van der Waals surface area contributed by atoms with Crippen molar-refractivity contribution in [3.8, 4) is 0 Å². The van der Waals surface area contributed by atoms with Crippen molar-refractivity contribution in [1.82, 2.24) is 5.06 Å². The third kappa shape index (κ3) is 3.82. The average Bonchev–Trinajstić information content (AvgIpc) is 3.04. The fourth-order valence-corrected chi connectivity index (χ4v) is 4.87. The van der Waals surface area contributed by atoms with E-state index < -0.39 is 0 Å². The lowest BCUT2D eigenvalue weighted by Crippen LogP contribution is -2.50. The normalized spacial score (nSPS) is 28.3. The maximum Gasteiger partial charge on any atom is 0.0897 e. The van der Waals surface area contributed by atoms with Crippen molar-refractivity contribution in [2.24, 2.45) is 0 Å². The lowest BCUT2D eigenvalue weighted by atomic mass is 9.90. The van der Waals surface area contributed by atoms with Gasteiger partial charge < -0.3 is 0 Å². The minimum Gasteiger partial charge on any atom is -0.292 e. The Morgan fingerprint density at radius 2 is 1.24 bits per heavy atom. The molecule has 3 aliphatic rings. The van der Waals surface area contributed by atoms with Crippen molar-refractivity contribution in [3.63, 3.8) is 0 Å². The second kappa shape index (κ2) is 7.46. The van der Waals surface area contributed by atoms with E-state index in [-0.39, 0.29) is 5.60 Å². The van der Waals surface area contributed by atoms with Crippen LogP contribution >= 0.6 is 0 Å². The Kier molecular flexibility index (Phi) is 5.61. The maximum atomic E-state index is 6.86. The fourth-order valence-electron chi connectivity index (χ4n) is 4.87. The molecule has 0 radical (unpaired) electrons. The van der Waals surface area contributed by atoms with E-state index in [0.717, 1.165) is 0 Å². The summed E-state index contributed by atoms with van der Waals surface area (Å²) in [6.45, 7) is 2.34. The van der Waals surface area contributed by atoms with Crippen molar-refractivity contribution in [1.29, 1.82) is 0 Å². The van der Waals surface area contributed by atoms with Gasteiger partial charge in [0, 0.05) is 12.1 Å². The van der Waals surface area contributed by atoms with Gasteiger partial charge in [0.25, 0.3) is 0 Å². The molecule has 3 aliphatic carbocycles. The van der Waals surface area contributed by atoms with Crippen LogP contribution < -0.4 is 0 Å². The average molecular weight is 293 g/mol. The van der Waals surface area contributed by atoms with Gasteiger partial charge in [-0.2, -0.15) is 5.06 Å². The molecule has 0 heterocycles. The van der Waals surface area contributed by atoms with Crippen LogP contribution in [0.15, 0.2) is 0 Å². The van der Waals surface area contributed by atoms with Crippen LogP contribution in [0.2, 0.25) is 0 Å². The minimum atomic E-state index is 0.189. The maximum absolute atomic E-state index is 6.86. The highest BCUT2D eigenvalue weighted by molar-refractivity contribution is 4.87. The first-order chi connectivity index (χ1) is 10.3. The van der Waals surface area contributed by atoms with Crippen molar-refractivity contribution < 1.29 is 4.84 Å². The molecule has 0 saturated heterocycles. The number of rotatable bonds is 5. The Morgan fingerprint density at radius 1 is 0.762 bits per heavy atom. The molecule has 0 bridgehead atoms. The molecule has 0 atom stereocenters. The molecule has 0 N–H and O–H groups in total. The number of hydroxylamine groups is 2. The Morgan fingerprint density at radius 3 is 1.67 bits per heavy atom. The summed E-state index contributed by atoms with van der Waals surface area (Å²) in [4.78, 5) is 6.86. The van der Waals surface area contributed by atoms with Gasteiger partial charge in [0.05, 0.1) is 5.60 Å².